The van der Waals surface area contributed by atoms with Crippen molar-refractivity contribution in [2.24, 2.45) is 0 Å². The lowest BCUT2D eigenvalue weighted by Gasteiger charge is -1.99. The van der Waals surface area contributed by atoms with E-state index in [0.717, 1.165) is 11.6 Å². The van der Waals surface area contributed by atoms with Crippen LogP contribution < -0.4 is 5.73 Å². The third-order valence-corrected chi connectivity index (χ3v) is 2.95. The number of nitrogens with two attached hydrogens (primary N) is 1. The first kappa shape index (κ1) is 11.6. The van der Waals surface area contributed by atoms with Crippen molar-refractivity contribution in [3.63, 3.8) is 0 Å². The number of hydrogen-bond donors (Lipinski definition) is 2. The first-order valence-electron chi connectivity index (χ1n) is 5.80. The van der Waals surface area contributed by atoms with Gasteiger partial charge in [0.15, 0.2) is 11.6 Å². The molecule has 0 radical (unpaired) electrons. The summed E-state index contributed by atoms with van der Waals surface area (Å²) in [6, 6.07) is 9.29. The number of rotatable bonds is 2. The summed E-state index contributed by atoms with van der Waals surface area (Å²) in [7, 11) is 0. The van der Waals surface area contributed by atoms with Crippen LogP contribution in [-0.2, 0) is 6.42 Å². The Morgan fingerprint density at radius 1 is 1.11 bits per heavy atom. The molecule has 96 valence electrons. The lowest BCUT2D eigenvalue weighted by atomic mass is 10.1. The summed E-state index contributed by atoms with van der Waals surface area (Å²) in [5.41, 5.74) is 8.58. The van der Waals surface area contributed by atoms with Gasteiger partial charge in [0, 0.05) is 6.42 Å². The molecular weight excluding hydrogens is 248 g/mol. The van der Waals surface area contributed by atoms with Crippen molar-refractivity contribution in [2.45, 2.75) is 6.42 Å². The maximum absolute atomic E-state index is 13.1. The molecule has 1 heterocycles. The van der Waals surface area contributed by atoms with E-state index < -0.39 is 11.6 Å². The normalized spacial score (nSPS) is 11.1. The minimum atomic E-state index is -0.854. The van der Waals surface area contributed by atoms with E-state index >= 15 is 0 Å². The van der Waals surface area contributed by atoms with E-state index in [0.29, 0.717) is 29.0 Å². The largest absolute Gasteiger partial charge is 0.397 e. The molecule has 0 aliphatic rings. The minimum absolute atomic E-state index is 0.394. The highest BCUT2D eigenvalue weighted by atomic mass is 19.2. The summed E-state index contributed by atoms with van der Waals surface area (Å²) >= 11 is 0. The summed E-state index contributed by atoms with van der Waals surface area (Å²) in [4.78, 5) is 7.47. The highest BCUT2D eigenvalue weighted by molar-refractivity contribution is 5.86. The van der Waals surface area contributed by atoms with Crippen LogP contribution in [0.1, 0.15) is 11.4 Å². The Labute approximate surface area is 108 Å². The van der Waals surface area contributed by atoms with Gasteiger partial charge in [-0.05, 0) is 29.8 Å². The number of imidazole rings is 1. The molecular formula is C14H11F2N3. The number of H-pyrrole nitrogens is 1. The predicted octanol–water partition coefficient (Wildman–Crippen LogP) is 3.01. The van der Waals surface area contributed by atoms with Crippen molar-refractivity contribution >= 4 is 16.7 Å². The molecule has 3 aromatic rings. The molecule has 0 amide bonds. The number of halogens is 2. The Bertz CT molecular complexity index is 750. The van der Waals surface area contributed by atoms with Crippen LogP contribution >= 0.6 is 0 Å². The standard InChI is InChI=1S/C14H11F2N3/c15-9-5-4-8(6-10(9)16)7-13-18-12-3-1-2-11(17)14(12)19-13/h1-6H,7,17H2,(H,18,19). The van der Waals surface area contributed by atoms with Crippen molar-refractivity contribution < 1.29 is 8.78 Å². The maximum atomic E-state index is 13.1. The first-order valence-corrected chi connectivity index (χ1v) is 5.80. The van der Waals surface area contributed by atoms with Crippen molar-refractivity contribution in [1.29, 1.82) is 0 Å². The van der Waals surface area contributed by atoms with E-state index in [4.69, 9.17) is 5.73 Å². The molecule has 3 N–H and O–H groups in total. The lowest BCUT2D eigenvalue weighted by molar-refractivity contribution is 0.507. The number of anilines is 1. The van der Waals surface area contributed by atoms with Gasteiger partial charge >= 0.3 is 0 Å². The molecule has 0 atom stereocenters. The second kappa shape index (κ2) is 4.35. The third-order valence-electron chi connectivity index (χ3n) is 2.95. The van der Waals surface area contributed by atoms with Gasteiger partial charge in [0.05, 0.1) is 11.2 Å². The molecule has 3 rings (SSSR count). The number of fused-ring (bicyclic) bond motifs is 1. The molecule has 19 heavy (non-hydrogen) atoms. The van der Waals surface area contributed by atoms with Crippen LogP contribution in [0.25, 0.3) is 11.0 Å². The molecule has 1 aromatic heterocycles. The summed E-state index contributed by atoms with van der Waals surface area (Å²) in [5.74, 6) is -1.04. The highest BCUT2D eigenvalue weighted by Gasteiger charge is 2.08. The zero-order valence-electron chi connectivity index (χ0n) is 9.95. The van der Waals surface area contributed by atoms with E-state index in [1.54, 1.807) is 6.07 Å². The Hall–Kier alpha value is -2.43. The highest BCUT2D eigenvalue weighted by Crippen LogP contribution is 2.20. The fourth-order valence-corrected chi connectivity index (χ4v) is 2.03. The number of nitrogens with one attached hydrogen (secondary N) is 1. The van der Waals surface area contributed by atoms with Crippen LogP contribution in [0.3, 0.4) is 0 Å². The quantitative estimate of drug-likeness (QED) is 0.695. The van der Waals surface area contributed by atoms with Gasteiger partial charge in [0.1, 0.15) is 11.3 Å². The Kier molecular flexibility index (Phi) is 2.67. The van der Waals surface area contributed by atoms with Crippen LogP contribution in [0.4, 0.5) is 14.5 Å². The molecule has 0 unspecified atom stereocenters. The molecule has 0 saturated heterocycles. The van der Waals surface area contributed by atoms with Crippen LogP contribution in [-0.4, -0.2) is 9.97 Å². The number of hydrogen-bond acceptors (Lipinski definition) is 2. The van der Waals surface area contributed by atoms with Gasteiger partial charge in [0.25, 0.3) is 0 Å². The zero-order chi connectivity index (χ0) is 13.4. The van der Waals surface area contributed by atoms with Crippen molar-refractivity contribution in [3.8, 4) is 0 Å². The number of aromatic amines is 1. The summed E-state index contributed by atoms with van der Waals surface area (Å²) in [6.45, 7) is 0. The Balaban J connectivity index is 1.96. The van der Waals surface area contributed by atoms with Crippen LogP contribution in [0, 0.1) is 11.6 Å². The summed E-state index contributed by atoms with van der Waals surface area (Å²) < 4.78 is 26.0. The monoisotopic (exact) mass is 259 g/mol. The first-order chi connectivity index (χ1) is 9.13. The molecule has 0 spiro atoms. The van der Waals surface area contributed by atoms with Gasteiger partial charge in [-0.25, -0.2) is 13.8 Å². The average molecular weight is 259 g/mol. The van der Waals surface area contributed by atoms with Crippen molar-refractivity contribution in [2.75, 3.05) is 5.73 Å². The van der Waals surface area contributed by atoms with Crippen molar-refractivity contribution in [3.05, 3.63) is 59.4 Å². The van der Waals surface area contributed by atoms with Gasteiger partial charge in [-0.1, -0.05) is 12.1 Å². The summed E-state index contributed by atoms with van der Waals surface area (Å²) in [5, 5.41) is 0. The second-order valence-corrected chi connectivity index (χ2v) is 4.35. The van der Waals surface area contributed by atoms with Gasteiger partial charge < -0.3 is 10.7 Å². The van der Waals surface area contributed by atoms with Crippen LogP contribution in [0.2, 0.25) is 0 Å². The van der Waals surface area contributed by atoms with Gasteiger partial charge in [-0.2, -0.15) is 0 Å². The zero-order valence-corrected chi connectivity index (χ0v) is 9.95. The number of nitrogens with zero attached hydrogens (tertiary/aromatic N) is 1. The summed E-state index contributed by atoms with van der Waals surface area (Å²) in [6.07, 6.45) is 0.394. The molecule has 0 fully saturated rings. The Morgan fingerprint density at radius 2 is 1.95 bits per heavy atom. The topological polar surface area (TPSA) is 54.7 Å². The molecule has 2 aromatic carbocycles. The number of para-hydroxylation sites is 1. The molecule has 0 aliphatic heterocycles. The smallest absolute Gasteiger partial charge is 0.159 e. The fraction of sp³-hybridized carbons (Fsp3) is 0.0714. The second-order valence-electron chi connectivity index (χ2n) is 4.35. The van der Waals surface area contributed by atoms with E-state index in [1.807, 2.05) is 12.1 Å². The van der Waals surface area contributed by atoms with Gasteiger partial charge in [0.2, 0.25) is 0 Å². The van der Waals surface area contributed by atoms with Crippen molar-refractivity contribution in [1.82, 2.24) is 9.97 Å². The minimum Gasteiger partial charge on any atom is -0.397 e. The van der Waals surface area contributed by atoms with E-state index in [-0.39, 0.29) is 0 Å². The predicted molar refractivity (Wildman–Crippen MR) is 69.7 cm³/mol. The fourth-order valence-electron chi connectivity index (χ4n) is 2.03. The van der Waals surface area contributed by atoms with Gasteiger partial charge in [-0.15, -0.1) is 0 Å². The lowest BCUT2D eigenvalue weighted by Crippen LogP contribution is -1.93. The molecule has 0 aliphatic carbocycles. The molecule has 0 bridgehead atoms. The Morgan fingerprint density at radius 3 is 2.68 bits per heavy atom. The molecule has 3 nitrogen and oxygen atoms in total. The van der Waals surface area contributed by atoms with Gasteiger partial charge in [-0.3, -0.25) is 0 Å². The third kappa shape index (κ3) is 2.14. The van der Waals surface area contributed by atoms with E-state index in [2.05, 4.69) is 9.97 Å². The van der Waals surface area contributed by atoms with Crippen LogP contribution in [0.5, 0.6) is 0 Å². The average Bonchev–Trinajstić information content (AvgIpc) is 2.78. The van der Waals surface area contributed by atoms with Crippen LogP contribution in [0.15, 0.2) is 36.4 Å². The molecule has 5 heteroatoms. The SMILES string of the molecule is Nc1cccc2[nH]c(Cc3ccc(F)c(F)c3)nc12. The number of benzene rings is 2. The maximum Gasteiger partial charge on any atom is 0.159 e. The van der Waals surface area contributed by atoms with E-state index in [1.165, 1.54) is 12.1 Å². The van der Waals surface area contributed by atoms with E-state index in [9.17, 15) is 8.78 Å². The number of aromatic nitrogens is 2. The molecule has 0 saturated carbocycles. The number of nitrogen functional groups attached to an aromatic ring is 1.